The average Bonchev–Trinajstić information content (AvgIpc) is 2.37. The summed E-state index contributed by atoms with van der Waals surface area (Å²) in [7, 11) is -3.72. The highest BCUT2D eigenvalue weighted by Gasteiger charge is 2.30. The number of nitrogens with zero attached hydrogens (tertiary/aromatic N) is 1. The summed E-state index contributed by atoms with van der Waals surface area (Å²) in [6.45, 7) is 16.6. The maximum Gasteiger partial charge on any atom is 0.534 e. The monoisotopic (exact) mass is 423 g/mol. The van der Waals surface area contributed by atoms with Crippen LogP contribution in [0.3, 0.4) is 0 Å². The SMILES string of the molecule is CC(C)OP(=O)(/C=C\N(OC(=O)OC(C)(C)C)C(=O)OC(C)(C)C)OC(C)C. The fraction of sp³-hybridized carbons (Fsp3) is 0.778. The van der Waals surface area contributed by atoms with Crippen molar-refractivity contribution in [1.29, 1.82) is 0 Å². The average molecular weight is 423 g/mol. The molecular weight excluding hydrogens is 389 g/mol. The Balaban J connectivity index is 5.63. The molecule has 28 heavy (non-hydrogen) atoms. The van der Waals surface area contributed by atoms with E-state index < -0.39 is 43.3 Å². The first-order valence-corrected chi connectivity index (χ1v) is 10.6. The van der Waals surface area contributed by atoms with Crippen molar-refractivity contribution in [3.05, 3.63) is 12.0 Å². The summed E-state index contributed by atoms with van der Waals surface area (Å²) in [4.78, 5) is 29.2. The highest BCUT2D eigenvalue weighted by molar-refractivity contribution is 7.57. The van der Waals surface area contributed by atoms with Gasteiger partial charge in [-0.3, -0.25) is 9.40 Å². The third kappa shape index (κ3) is 12.8. The van der Waals surface area contributed by atoms with Crippen molar-refractivity contribution in [3.63, 3.8) is 0 Å². The van der Waals surface area contributed by atoms with Gasteiger partial charge in [-0.15, -0.1) is 5.06 Å². The fourth-order valence-electron chi connectivity index (χ4n) is 1.61. The molecule has 1 amide bonds. The third-order valence-electron chi connectivity index (χ3n) is 2.24. The minimum absolute atomic E-state index is 0.406. The Morgan fingerprint density at radius 3 is 1.64 bits per heavy atom. The van der Waals surface area contributed by atoms with Gasteiger partial charge in [-0.05, 0) is 69.2 Å². The van der Waals surface area contributed by atoms with E-state index in [1.807, 2.05) is 0 Å². The molecule has 0 saturated heterocycles. The minimum Gasteiger partial charge on any atom is -0.441 e. The molecule has 0 spiro atoms. The molecule has 0 bridgehead atoms. The molecule has 0 fully saturated rings. The van der Waals surface area contributed by atoms with Gasteiger partial charge in [0.2, 0.25) is 0 Å². The highest BCUT2D eigenvalue weighted by atomic mass is 31.2. The molecule has 164 valence electrons. The quantitative estimate of drug-likeness (QED) is 0.309. The summed E-state index contributed by atoms with van der Waals surface area (Å²) in [6, 6.07) is 0. The van der Waals surface area contributed by atoms with Crippen molar-refractivity contribution < 1.29 is 37.5 Å². The molecule has 0 atom stereocenters. The summed E-state index contributed by atoms with van der Waals surface area (Å²) in [5.74, 6) is 1.03. The van der Waals surface area contributed by atoms with Gasteiger partial charge in [-0.25, -0.2) is 9.59 Å². The number of carbonyl (C=O) groups is 2. The van der Waals surface area contributed by atoms with Gasteiger partial charge in [0.05, 0.1) is 18.4 Å². The van der Waals surface area contributed by atoms with Gasteiger partial charge >= 0.3 is 19.8 Å². The van der Waals surface area contributed by atoms with Crippen LogP contribution in [0.1, 0.15) is 69.2 Å². The van der Waals surface area contributed by atoms with E-state index in [1.165, 1.54) is 0 Å². The predicted molar refractivity (Wildman–Crippen MR) is 105 cm³/mol. The Kier molecular flexibility index (Phi) is 9.70. The molecule has 0 rings (SSSR count). The van der Waals surface area contributed by atoms with E-state index >= 15 is 0 Å². The van der Waals surface area contributed by atoms with Crippen LogP contribution >= 0.6 is 7.60 Å². The zero-order valence-electron chi connectivity index (χ0n) is 18.5. The number of ether oxygens (including phenoxy) is 2. The molecule has 0 aliphatic carbocycles. The second-order valence-electron chi connectivity index (χ2n) is 8.51. The molecule has 0 aromatic heterocycles. The number of hydroxylamine groups is 2. The van der Waals surface area contributed by atoms with Gasteiger partial charge in [0.1, 0.15) is 11.2 Å². The van der Waals surface area contributed by atoms with E-state index in [0.29, 0.717) is 5.06 Å². The number of rotatable bonds is 6. The Labute approximate surface area is 167 Å². The van der Waals surface area contributed by atoms with E-state index in [4.69, 9.17) is 23.4 Å². The second-order valence-corrected chi connectivity index (χ2v) is 10.3. The van der Waals surface area contributed by atoms with Crippen LogP contribution in [0.15, 0.2) is 12.0 Å². The van der Waals surface area contributed by atoms with Crippen LogP contribution in [0.5, 0.6) is 0 Å². The molecular formula is C18H34NO8P. The fourth-order valence-corrected chi connectivity index (χ4v) is 3.26. The number of hydrogen-bond donors (Lipinski definition) is 0. The molecule has 0 heterocycles. The molecule has 0 aromatic rings. The Bertz CT molecular complexity index is 588. The van der Waals surface area contributed by atoms with Crippen molar-refractivity contribution in [3.8, 4) is 0 Å². The predicted octanol–water partition coefficient (Wildman–Crippen LogP) is 5.60. The van der Waals surface area contributed by atoms with Gasteiger partial charge < -0.3 is 18.5 Å². The summed E-state index contributed by atoms with van der Waals surface area (Å²) in [5, 5.41) is 0.485. The van der Waals surface area contributed by atoms with Gasteiger partial charge in [0.15, 0.2) is 0 Å². The minimum atomic E-state index is -3.72. The van der Waals surface area contributed by atoms with Crippen molar-refractivity contribution in [2.24, 2.45) is 0 Å². The van der Waals surface area contributed by atoms with Crippen molar-refractivity contribution in [1.82, 2.24) is 5.06 Å². The van der Waals surface area contributed by atoms with Crippen LogP contribution in [-0.4, -0.2) is 40.7 Å². The second kappa shape index (κ2) is 10.3. The lowest BCUT2D eigenvalue weighted by molar-refractivity contribution is -0.112. The van der Waals surface area contributed by atoms with Gasteiger partial charge in [0.25, 0.3) is 0 Å². The van der Waals surface area contributed by atoms with Crippen LogP contribution in [-0.2, 0) is 27.9 Å². The normalized spacial score (nSPS) is 13.1. The summed E-state index contributed by atoms with van der Waals surface area (Å²) in [6.07, 6.45) is -1.99. The first-order chi connectivity index (χ1) is 12.4. The number of amides is 1. The molecule has 0 aromatic carbocycles. The van der Waals surface area contributed by atoms with Crippen LogP contribution in [0.25, 0.3) is 0 Å². The molecule has 0 unspecified atom stereocenters. The van der Waals surface area contributed by atoms with E-state index in [-0.39, 0.29) is 0 Å². The topological polar surface area (TPSA) is 101 Å². The van der Waals surface area contributed by atoms with Gasteiger partial charge in [0, 0.05) is 5.82 Å². The molecule has 0 aliphatic heterocycles. The first-order valence-electron chi connectivity index (χ1n) is 9.01. The Hall–Kier alpha value is -1.57. The maximum atomic E-state index is 12.9. The molecule has 10 heteroatoms. The van der Waals surface area contributed by atoms with Crippen molar-refractivity contribution in [2.45, 2.75) is 92.6 Å². The largest absolute Gasteiger partial charge is 0.534 e. The van der Waals surface area contributed by atoms with Crippen LogP contribution in [0.2, 0.25) is 0 Å². The summed E-state index contributed by atoms with van der Waals surface area (Å²) < 4.78 is 33.8. The smallest absolute Gasteiger partial charge is 0.441 e. The lowest BCUT2D eigenvalue weighted by Crippen LogP contribution is -2.36. The highest BCUT2D eigenvalue weighted by Crippen LogP contribution is 2.52. The number of carbonyl (C=O) groups excluding carboxylic acids is 2. The third-order valence-corrected chi connectivity index (χ3v) is 4.17. The van der Waals surface area contributed by atoms with Crippen molar-refractivity contribution in [2.75, 3.05) is 0 Å². The number of hydrogen-bond acceptors (Lipinski definition) is 8. The summed E-state index contributed by atoms with van der Waals surface area (Å²) in [5.41, 5.74) is -1.69. The van der Waals surface area contributed by atoms with Crippen LogP contribution in [0.4, 0.5) is 9.59 Å². The maximum absolute atomic E-state index is 12.9. The van der Waals surface area contributed by atoms with E-state index in [1.54, 1.807) is 69.2 Å². The zero-order valence-corrected chi connectivity index (χ0v) is 19.4. The van der Waals surface area contributed by atoms with E-state index in [0.717, 1.165) is 12.0 Å². The molecule has 0 saturated carbocycles. The van der Waals surface area contributed by atoms with Crippen LogP contribution < -0.4 is 0 Å². The van der Waals surface area contributed by atoms with Crippen molar-refractivity contribution >= 4 is 19.8 Å². The van der Waals surface area contributed by atoms with E-state index in [2.05, 4.69) is 0 Å². The first kappa shape index (κ1) is 26.4. The Morgan fingerprint density at radius 1 is 0.857 bits per heavy atom. The summed E-state index contributed by atoms with van der Waals surface area (Å²) >= 11 is 0. The molecule has 0 radical (unpaired) electrons. The Morgan fingerprint density at radius 2 is 1.29 bits per heavy atom. The standard InChI is InChI=1S/C18H34NO8P/c1-13(2)26-28(22,27-14(3)4)12-11-19(15(20)23-17(5,6)7)25-16(21)24-18(8,9)10/h11-14H,1-10H3/b12-11-. The van der Waals surface area contributed by atoms with Gasteiger partial charge in [-0.2, -0.15) is 0 Å². The molecule has 9 nitrogen and oxygen atoms in total. The zero-order chi connectivity index (χ0) is 22.3. The molecule has 0 N–H and O–H groups in total. The lowest BCUT2D eigenvalue weighted by atomic mass is 10.2. The lowest BCUT2D eigenvalue weighted by Gasteiger charge is -2.26. The van der Waals surface area contributed by atoms with E-state index in [9.17, 15) is 14.2 Å². The van der Waals surface area contributed by atoms with Crippen LogP contribution in [0, 0.1) is 0 Å². The molecule has 0 aliphatic rings. The van der Waals surface area contributed by atoms with Gasteiger partial charge in [-0.1, -0.05) is 0 Å².